The second kappa shape index (κ2) is 9.97. The molecule has 0 amide bonds. The van der Waals surface area contributed by atoms with Crippen molar-refractivity contribution in [1.29, 1.82) is 0 Å². The van der Waals surface area contributed by atoms with Gasteiger partial charge in [0.2, 0.25) is 5.88 Å². The molecule has 0 saturated carbocycles. The van der Waals surface area contributed by atoms with E-state index in [9.17, 15) is 9.18 Å². The lowest BCUT2D eigenvalue weighted by Gasteiger charge is -2.12. The minimum Gasteiger partial charge on any atom is -0.480 e. The number of carboxylic acids is 1. The SMILES string of the molecule is NC(Cc1ccc(Oc2ncnc3c2ccn3Cc2ccc(F)cc2-c2ccccc2)cc1)C(=O)O. The zero-order valence-electron chi connectivity index (χ0n) is 19.2. The van der Waals surface area contributed by atoms with Crippen LogP contribution in [0.25, 0.3) is 22.2 Å². The molecular weight excluding hydrogens is 459 g/mol. The summed E-state index contributed by atoms with van der Waals surface area (Å²) in [6, 6.07) is 22.5. The molecule has 3 aromatic carbocycles. The first-order chi connectivity index (χ1) is 17.5. The number of rotatable bonds is 8. The van der Waals surface area contributed by atoms with E-state index < -0.39 is 12.0 Å². The molecule has 0 fully saturated rings. The maximum absolute atomic E-state index is 14.1. The predicted octanol–water partition coefficient (Wildman–Crippen LogP) is 5.03. The Labute approximate surface area is 206 Å². The molecule has 36 heavy (non-hydrogen) atoms. The molecule has 3 N–H and O–H groups in total. The fourth-order valence-corrected chi connectivity index (χ4v) is 4.09. The number of fused-ring (bicyclic) bond motifs is 1. The molecule has 2 aromatic heterocycles. The van der Waals surface area contributed by atoms with Crippen molar-refractivity contribution >= 4 is 17.0 Å². The van der Waals surface area contributed by atoms with Crippen LogP contribution in [-0.4, -0.2) is 31.7 Å². The van der Waals surface area contributed by atoms with Gasteiger partial charge < -0.3 is 20.1 Å². The van der Waals surface area contributed by atoms with Crippen molar-refractivity contribution < 1.29 is 19.0 Å². The van der Waals surface area contributed by atoms with Crippen LogP contribution in [0.2, 0.25) is 0 Å². The molecule has 5 aromatic rings. The first-order valence-electron chi connectivity index (χ1n) is 11.4. The van der Waals surface area contributed by atoms with Crippen molar-refractivity contribution in [2.75, 3.05) is 0 Å². The fourth-order valence-electron chi connectivity index (χ4n) is 4.09. The largest absolute Gasteiger partial charge is 0.480 e. The highest BCUT2D eigenvalue weighted by molar-refractivity contribution is 5.82. The molecule has 7 nitrogen and oxygen atoms in total. The van der Waals surface area contributed by atoms with E-state index >= 15 is 0 Å². The highest BCUT2D eigenvalue weighted by Crippen LogP contribution is 2.30. The third-order valence-corrected chi connectivity index (χ3v) is 5.93. The summed E-state index contributed by atoms with van der Waals surface area (Å²) in [5.41, 5.74) is 9.81. The van der Waals surface area contributed by atoms with E-state index in [-0.39, 0.29) is 12.2 Å². The van der Waals surface area contributed by atoms with Crippen LogP contribution in [0.4, 0.5) is 4.39 Å². The summed E-state index contributed by atoms with van der Waals surface area (Å²) in [4.78, 5) is 19.7. The summed E-state index contributed by atoms with van der Waals surface area (Å²) in [5, 5.41) is 9.73. The number of aliphatic carboxylic acids is 1. The van der Waals surface area contributed by atoms with E-state index in [1.807, 2.05) is 47.2 Å². The van der Waals surface area contributed by atoms with Gasteiger partial charge in [0.1, 0.15) is 29.6 Å². The van der Waals surface area contributed by atoms with Gasteiger partial charge in [0, 0.05) is 12.7 Å². The minimum atomic E-state index is -1.04. The number of ether oxygens (including phenoxy) is 1. The first-order valence-corrected chi connectivity index (χ1v) is 11.4. The van der Waals surface area contributed by atoms with Crippen LogP contribution < -0.4 is 10.5 Å². The Bertz CT molecular complexity index is 1520. The Morgan fingerprint density at radius 1 is 1.03 bits per heavy atom. The summed E-state index contributed by atoms with van der Waals surface area (Å²) >= 11 is 0. The maximum Gasteiger partial charge on any atom is 0.320 e. The monoisotopic (exact) mass is 482 g/mol. The van der Waals surface area contributed by atoms with Crippen LogP contribution in [0.1, 0.15) is 11.1 Å². The minimum absolute atomic E-state index is 0.227. The lowest BCUT2D eigenvalue weighted by Crippen LogP contribution is -2.32. The molecule has 180 valence electrons. The second-order valence-corrected chi connectivity index (χ2v) is 8.42. The van der Waals surface area contributed by atoms with Crippen LogP contribution in [-0.2, 0) is 17.8 Å². The number of carboxylic acid groups (broad SMARTS) is 1. The third-order valence-electron chi connectivity index (χ3n) is 5.93. The van der Waals surface area contributed by atoms with Crippen LogP contribution in [0.5, 0.6) is 11.6 Å². The lowest BCUT2D eigenvalue weighted by molar-refractivity contribution is -0.138. The van der Waals surface area contributed by atoms with E-state index in [1.54, 1.807) is 36.4 Å². The van der Waals surface area contributed by atoms with E-state index in [2.05, 4.69) is 9.97 Å². The normalized spacial score (nSPS) is 11.9. The number of nitrogens with zero attached hydrogens (tertiary/aromatic N) is 3. The van der Waals surface area contributed by atoms with Crippen molar-refractivity contribution in [3.8, 4) is 22.8 Å². The summed E-state index contributed by atoms with van der Waals surface area (Å²) in [7, 11) is 0. The lowest BCUT2D eigenvalue weighted by atomic mass is 9.99. The molecule has 8 heteroatoms. The fraction of sp³-hybridized carbons (Fsp3) is 0.107. The third kappa shape index (κ3) is 4.94. The Morgan fingerprint density at radius 3 is 2.56 bits per heavy atom. The molecule has 5 rings (SSSR count). The number of nitrogens with two attached hydrogens (primary N) is 1. The van der Waals surface area contributed by atoms with Crippen LogP contribution in [0, 0.1) is 5.82 Å². The zero-order valence-corrected chi connectivity index (χ0v) is 19.2. The van der Waals surface area contributed by atoms with E-state index in [1.165, 1.54) is 12.4 Å². The Hall–Kier alpha value is -4.56. The molecule has 0 aliphatic carbocycles. The first kappa shape index (κ1) is 23.2. The van der Waals surface area contributed by atoms with Crippen molar-refractivity contribution in [3.63, 3.8) is 0 Å². The topological polar surface area (TPSA) is 103 Å². The van der Waals surface area contributed by atoms with Gasteiger partial charge in [-0.2, -0.15) is 0 Å². The van der Waals surface area contributed by atoms with Crippen LogP contribution in [0.3, 0.4) is 0 Å². The van der Waals surface area contributed by atoms with Crippen LogP contribution >= 0.6 is 0 Å². The number of halogens is 1. The average molecular weight is 483 g/mol. The van der Waals surface area contributed by atoms with Crippen molar-refractivity contribution in [3.05, 3.63) is 108 Å². The standard InChI is InChI=1S/C28H23FN4O3/c29-21-9-8-20(24(15-21)19-4-2-1-3-5-19)16-33-13-12-23-26(33)31-17-32-27(23)36-22-10-6-18(7-11-22)14-25(30)28(34)35/h1-13,15,17,25H,14,16,30H2,(H,34,35). The average Bonchev–Trinajstić information content (AvgIpc) is 3.30. The smallest absolute Gasteiger partial charge is 0.320 e. The van der Waals surface area contributed by atoms with Crippen molar-refractivity contribution in [2.24, 2.45) is 5.73 Å². The van der Waals surface area contributed by atoms with Crippen molar-refractivity contribution in [1.82, 2.24) is 14.5 Å². The number of aromatic nitrogens is 3. The molecular formula is C28H23FN4O3. The van der Waals surface area contributed by atoms with Gasteiger partial charge in [0.15, 0.2) is 0 Å². The van der Waals surface area contributed by atoms with Gasteiger partial charge in [-0.05, 0) is 59.0 Å². The van der Waals surface area contributed by atoms with Gasteiger partial charge in [-0.25, -0.2) is 14.4 Å². The van der Waals surface area contributed by atoms with E-state index in [4.69, 9.17) is 15.6 Å². The Kier molecular flexibility index (Phi) is 6.42. The van der Waals surface area contributed by atoms with Gasteiger partial charge in [0.25, 0.3) is 0 Å². The number of carbonyl (C=O) groups is 1. The molecule has 0 bridgehead atoms. The van der Waals surface area contributed by atoms with E-state index in [0.29, 0.717) is 23.8 Å². The number of benzene rings is 3. The summed E-state index contributed by atoms with van der Waals surface area (Å²) in [6.07, 6.45) is 3.57. The molecule has 0 aliphatic heterocycles. The molecule has 1 unspecified atom stereocenters. The van der Waals surface area contributed by atoms with Gasteiger partial charge in [-0.3, -0.25) is 4.79 Å². The second-order valence-electron chi connectivity index (χ2n) is 8.42. The van der Waals surface area contributed by atoms with Gasteiger partial charge in [-0.15, -0.1) is 0 Å². The Morgan fingerprint density at radius 2 is 1.81 bits per heavy atom. The highest BCUT2D eigenvalue weighted by atomic mass is 19.1. The van der Waals surface area contributed by atoms with Crippen molar-refractivity contribution in [2.45, 2.75) is 19.0 Å². The van der Waals surface area contributed by atoms with E-state index in [0.717, 1.165) is 27.6 Å². The predicted molar refractivity (Wildman–Crippen MR) is 134 cm³/mol. The Balaban J connectivity index is 1.40. The van der Waals surface area contributed by atoms with Gasteiger partial charge in [0.05, 0.1) is 5.39 Å². The molecule has 0 saturated heterocycles. The molecule has 1 atom stereocenters. The summed E-state index contributed by atoms with van der Waals surface area (Å²) in [5.74, 6) is -0.375. The van der Waals surface area contributed by atoms with Gasteiger partial charge in [-0.1, -0.05) is 48.5 Å². The molecule has 2 heterocycles. The molecule has 0 spiro atoms. The molecule has 0 aliphatic rings. The van der Waals surface area contributed by atoms with Gasteiger partial charge >= 0.3 is 5.97 Å². The van der Waals surface area contributed by atoms with Crippen LogP contribution in [0.15, 0.2) is 91.4 Å². The summed E-state index contributed by atoms with van der Waals surface area (Å²) < 4.78 is 22.1. The number of hydrogen-bond donors (Lipinski definition) is 2. The molecule has 0 radical (unpaired) electrons. The highest BCUT2D eigenvalue weighted by Gasteiger charge is 2.15. The maximum atomic E-state index is 14.1. The summed E-state index contributed by atoms with van der Waals surface area (Å²) in [6.45, 7) is 0.489. The quantitative estimate of drug-likeness (QED) is 0.321. The zero-order chi connectivity index (χ0) is 25.1. The number of hydrogen-bond acceptors (Lipinski definition) is 5.